The number of carbonyl (C=O) groups is 2. The van der Waals surface area contributed by atoms with Gasteiger partial charge in [-0.15, -0.1) is 11.3 Å². The molecule has 0 atom stereocenters. The zero-order valence-corrected chi connectivity index (χ0v) is 13.5. The lowest BCUT2D eigenvalue weighted by Crippen LogP contribution is -2.03. The Morgan fingerprint density at radius 2 is 1.89 bits per heavy atom. The normalized spacial score (nSPS) is 10.2. The molecule has 0 aliphatic heterocycles. The maximum Gasteiger partial charge on any atom is 0.348 e. The summed E-state index contributed by atoms with van der Waals surface area (Å²) in [7, 11) is 0. The summed E-state index contributed by atoms with van der Waals surface area (Å²) in [5.74, 6) is -0.422. The summed E-state index contributed by atoms with van der Waals surface area (Å²) in [6.45, 7) is 0.186. The second kappa shape index (κ2) is 6.45. The number of rotatable bonds is 4. The average Bonchev–Trinajstić information content (AvgIpc) is 2.83. The topological polar surface area (TPSA) is 43.4 Å². The summed E-state index contributed by atoms with van der Waals surface area (Å²) in [5.41, 5.74) is 0.877. The molecule has 0 aliphatic carbocycles. The number of hydrogen-bond donors (Lipinski definition) is 0. The van der Waals surface area contributed by atoms with Gasteiger partial charge in [-0.05, 0) is 35.9 Å². The first kappa shape index (κ1) is 14.4. The van der Waals surface area contributed by atoms with Crippen LogP contribution in [0, 0.1) is 0 Å². The number of benzene rings is 1. The highest BCUT2D eigenvalue weighted by Gasteiger charge is 2.11. The number of ether oxygens (including phenoxy) is 1. The van der Waals surface area contributed by atoms with E-state index in [4.69, 9.17) is 4.74 Å². The molecule has 1 aromatic carbocycles. The highest BCUT2D eigenvalue weighted by atomic mass is 79.9. The Hall–Kier alpha value is -0.980. The van der Waals surface area contributed by atoms with Crippen molar-refractivity contribution in [1.82, 2.24) is 0 Å². The van der Waals surface area contributed by atoms with Crippen LogP contribution in [0.5, 0.6) is 0 Å². The number of hydrogen-bond acceptors (Lipinski definition) is 4. The molecule has 0 aliphatic rings. The second-order valence-electron chi connectivity index (χ2n) is 3.67. The van der Waals surface area contributed by atoms with Crippen LogP contribution in [0.15, 0.2) is 39.3 Å². The molecule has 0 radical (unpaired) electrons. The van der Waals surface area contributed by atoms with Crippen molar-refractivity contribution in [3.63, 3.8) is 0 Å². The first-order valence-corrected chi connectivity index (χ1v) is 7.66. The van der Waals surface area contributed by atoms with Crippen LogP contribution in [0.25, 0.3) is 0 Å². The van der Waals surface area contributed by atoms with Crippen LogP contribution >= 0.6 is 43.2 Å². The molecule has 1 aromatic heterocycles. The number of halogens is 2. The van der Waals surface area contributed by atoms with Crippen LogP contribution in [0.2, 0.25) is 0 Å². The standard InChI is InChI=1S/C13H8Br2O3S/c14-9-3-8(4-10(15)5-9)7-18-13(17)12-2-1-11(6-16)19-12/h1-6H,7H2. The predicted molar refractivity (Wildman–Crippen MR) is 80.7 cm³/mol. The third-order valence-corrected chi connectivity index (χ3v) is 4.14. The van der Waals surface area contributed by atoms with E-state index in [1.54, 1.807) is 12.1 Å². The number of aldehydes is 1. The van der Waals surface area contributed by atoms with Gasteiger partial charge in [0.1, 0.15) is 11.5 Å². The van der Waals surface area contributed by atoms with Crippen LogP contribution < -0.4 is 0 Å². The molecule has 3 nitrogen and oxygen atoms in total. The molecule has 98 valence electrons. The number of esters is 1. The minimum Gasteiger partial charge on any atom is -0.457 e. The third-order valence-electron chi connectivity index (χ3n) is 2.24. The van der Waals surface area contributed by atoms with Gasteiger partial charge >= 0.3 is 5.97 Å². The molecule has 6 heteroatoms. The van der Waals surface area contributed by atoms with Crippen molar-refractivity contribution in [3.05, 3.63) is 54.6 Å². The molecule has 0 amide bonds. The van der Waals surface area contributed by atoms with E-state index in [1.165, 1.54) is 0 Å². The molecule has 2 aromatic rings. The van der Waals surface area contributed by atoms with Crippen molar-refractivity contribution >= 4 is 55.5 Å². The van der Waals surface area contributed by atoms with Gasteiger partial charge in [0, 0.05) is 8.95 Å². The molecule has 1 heterocycles. The highest BCUT2D eigenvalue weighted by molar-refractivity contribution is 9.11. The van der Waals surface area contributed by atoms with E-state index in [9.17, 15) is 9.59 Å². The summed E-state index contributed by atoms with van der Waals surface area (Å²) in [6, 6.07) is 8.85. The van der Waals surface area contributed by atoms with Gasteiger partial charge in [-0.1, -0.05) is 31.9 Å². The van der Waals surface area contributed by atoms with Gasteiger partial charge in [0.05, 0.1) is 4.88 Å². The SMILES string of the molecule is O=Cc1ccc(C(=O)OCc2cc(Br)cc(Br)c2)s1. The van der Waals surface area contributed by atoms with E-state index in [2.05, 4.69) is 31.9 Å². The van der Waals surface area contributed by atoms with Crippen LogP contribution in [0.4, 0.5) is 0 Å². The molecular weight excluding hydrogens is 396 g/mol. The summed E-state index contributed by atoms with van der Waals surface area (Å²) < 4.78 is 7.01. The summed E-state index contributed by atoms with van der Waals surface area (Å²) in [4.78, 5) is 23.2. The third kappa shape index (κ3) is 3.99. The largest absolute Gasteiger partial charge is 0.457 e. The van der Waals surface area contributed by atoms with Crippen molar-refractivity contribution in [2.75, 3.05) is 0 Å². The van der Waals surface area contributed by atoms with Gasteiger partial charge in [0.15, 0.2) is 6.29 Å². The van der Waals surface area contributed by atoms with E-state index in [0.29, 0.717) is 16.0 Å². The van der Waals surface area contributed by atoms with Gasteiger partial charge in [-0.2, -0.15) is 0 Å². The zero-order chi connectivity index (χ0) is 13.8. The lowest BCUT2D eigenvalue weighted by Gasteiger charge is -2.05. The van der Waals surface area contributed by atoms with Crippen LogP contribution in [-0.2, 0) is 11.3 Å². The quantitative estimate of drug-likeness (QED) is 0.559. The Balaban J connectivity index is 2.01. The Bertz CT molecular complexity index is 602. The van der Waals surface area contributed by atoms with Crippen molar-refractivity contribution in [1.29, 1.82) is 0 Å². The number of carbonyl (C=O) groups excluding carboxylic acids is 2. The molecule has 0 unspecified atom stereocenters. The maximum absolute atomic E-state index is 11.8. The van der Waals surface area contributed by atoms with Crippen LogP contribution in [0.3, 0.4) is 0 Å². The molecule has 2 rings (SSSR count). The minimum absolute atomic E-state index is 0.186. The molecule has 0 saturated heterocycles. The zero-order valence-electron chi connectivity index (χ0n) is 9.56. The van der Waals surface area contributed by atoms with Gasteiger partial charge in [-0.25, -0.2) is 4.79 Å². The minimum atomic E-state index is -0.422. The lowest BCUT2D eigenvalue weighted by molar-refractivity contribution is 0.0478. The Morgan fingerprint density at radius 3 is 2.47 bits per heavy atom. The monoisotopic (exact) mass is 402 g/mol. The molecule has 0 bridgehead atoms. The first-order chi connectivity index (χ1) is 9.08. The van der Waals surface area contributed by atoms with Crippen molar-refractivity contribution in [2.24, 2.45) is 0 Å². The molecule has 0 spiro atoms. The van der Waals surface area contributed by atoms with E-state index in [-0.39, 0.29) is 6.61 Å². The molecule has 19 heavy (non-hydrogen) atoms. The van der Waals surface area contributed by atoms with Crippen LogP contribution in [-0.4, -0.2) is 12.3 Å². The fourth-order valence-electron chi connectivity index (χ4n) is 1.44. The fourth-order valence-corrected chi connectivity index (χ4v) is 3.55. The Labute approximate surface area is 130 Å². The van der Waals surface area contributed by atoms with E-state index < -0.39 is 5.97 Å². The smallest absolute Gasteiger partial charge is 0.348 e. The lowest BCUT2D eigenvalue weighted by atomic mass is 10.2. The highest BCUT2D eigenvalue weighted by Crippen LogP contribution is 2.21. The van der Waals surface area contributed by atoms with E-state index in [0.717, 1.165) is 25.8 Å². The van der Waals surface area contributed by atoms with E-state index in [1.807, 2.05) is 18.2 Å². The Kier molecular flexibility index (Phi) is 4.90. The van der Waals surface area contributed by atoms with E-state index >= 15 is 0 Å². The van der Waals surface area contributed by atoms with Gasteiger partial charge in [0.2, 0.25) is 0 Å². The summed E-state index contributed by atoms with van der Waals surface area (Å²) in [6.07, 6.45) is 0.715. The number of thiophene rings is 1. The molecular formula is C13H8Br2O3S. The van der Waals surface area contributed by atoms with Gasteiger partial charge in [-0.3, -0.25) is 4.79 Å². The van der Waals surface area contributed by atoms with Gasteiger partial charge in [0.25, 0.3) is 0 Å². The van der Waals surface area contributed by atoms with Crippen molar-refractivity contribution in [3.8, 4) is 0 Å². The summed E-state index contributed by atoms with van der Waals surface area (Å²) in [5, 5.41) is 0. The second-order valence-corrected chi connectivity index (χ2v) is 6.62. The molecule has 0 saturated carbocycles. The first-order valence-electron chi connectivity index (χ1n) is 5.25. The average molecular weight is 404 g/mol. The Morgan fingerprint density at radius 1 is 1.21 bits per heavy atom. The van der Waals surface area contributed by atoms with Crippen molar-refractivity contribution < 1.29 is 14.3 Å². The van der Waals surface area contributed by atoms with Gasteiger partial charge < -0.3 is 4.74 Å². The fraction of sp³-hybridized carbons (Fsp3) is 0.0769. The molecule has 0 N–H and O–H groups in total. The van der Waals surface area contributed by atoms with Crippen molar-refractivity contribution in [2.45, 2.75) is 6.61 Å². The predicted octanol–water partition coefficient (Wildman–Crippen LogP) is 4.44. The molecule has 0 fully saturated rings. The van der Waals surface area contributed by atoms with Crippen LogP contribution in [0.1, 0.15) is 24.9 Å². The summed E-state index contributed by atoms with van der Waals surface area (Å²) >= 11 is 7.86. The maximum atomic E-state index is 11.8.